The standard InChI is InChI=1S/C15H28N4OS/c1-6-9-16-14-12(4)15(19-13(7-2)18-14)17-10-8-11(3)21(5)20/h11H,6-10H2,1-5H3,(H2,16,17,18,19). The predicted molar refractivity (Wildman–Crippen MR) is 91.6 cm³/mol. The van der Waals surface area contributed by atoms with Crippen LogP contribution in [0.15, 0.2) is 0 Å². The van der Waals surface area contributed by atoms with Crippen LogP contribution < -0.4 is 10.6 Å². The molecule has 0 aromatic carbocycles. The second-order valence-corrected chi connectivity index (χ2v) is 7.07. The van der Waals surface area contributed by atoms with Gasteiger partial charge in [-0.1, -0.05) is 20.8 Å². The van der Waals surface area contributed by atoms with E-state index < -0.39 is 10.8 Å². The molecular formula is C15H28N4OS. The Morgan fingerprint density at radius 1 is 1.14 bits per heavy atom. The Morgan fingerprint density at radius 2 is 1.71 bits per heavy atom. The van der Waals surface area contributed by atoms with Crippen molar-refractivity contribution in [2.75, 3.05) is 30.0 Å². The van der Waals surface area contributed by atoms with Crippen LogP contribution in [-0.2, 0) is 17.2 Å². The Hall–Kier alpha value is -1.17. The summed E-state index contributed by atoms with van der Waals surface area (Å²) in [7, 11) is -0.773. The van der Waals surface area contributed by atoms with E-state index in [1.54, 1.807) is 6.26 Å². The number of nitrogens with one attached hydrogen (secondary N) is 2. The van der Waals surface area contributed by atoms with Gasteiger partial charge in [-0.05, 0) is 19.8 Å². The Bertz CT molecular complexity index is 479. The summed E-state index contributed by atoms with van der Waals surface area (Å²) in [6.45, 7) is 9.91. The first-order chi connectivity index (χ1) is 9.99. The number of rotatable bonds is 9. The van der Waals surface area contributed by atoms with E-state index in [0.29, 0.717) is 0 Å². The van der Waals surface area contributed by atoms with Gasteiger partial charge in [-0.15, -0.1) is 0 Å². The van der Waals surface area contributed by atoms with Crippen molar-refractivity contribution < 1.29 is 4.21 Å². The van der Waals surface area contributed by atoms with Crippen LogP contribution in [-0.4, -0.2) is 38.8 Å². The maximum atomic E-state index is 11.4. The third kappa shape index (κ3) is 5.61. The van der Waals surface area contributed by atoms with E-state index in [-0.39, 0.29) is 5.25 Å². The minimum absolute atomic E-state index is 0.197. The number of aryl methyl sites for hydroxylation is 1. The molecule has 1 aromatic heterocycles. The summed E-state index contributed by atoms with van der Waals surface area (Å²) in [5, 5.41) is 6.92. The molecule has 0 spiro atoms. The van der Waals surface area contributed by atoms with Gasteiger partial charge in [-0.2, -0.15) is 0 Å². The molecule has 1 aromatic rings. The number of anilines is 2. The molecule has 0 aliphatic carbocycles. The summed E-state index contributed by atoms with van der Waals surface area (Å²) < 4.78 is 11.4. The van der Waals surface area contributed by atoms with Gasteiger partial charge in [0.25, 0.3) is 0 Å². The van der Waals surface area contributed by atoms with Crippen molar-refractivity contribution in [2.45, 2.75) is 52.2 Å². The normalized spacial score (nSPS) is 13.8. The molecule has 21 heavy (non-hydrogen) atoms. The highest BCUT2D eigenvalue weighted by Crippen LogP contribution is 2.20. The van der Waals surface area contributed by atoms with Crippen LogP contribution >= 0.6 is 0 Å². The van der Waals surface area contributed by atoms with Crippen molar-refractivity contribution in [3.8, 4) is 0 Å². The van der Waals surface area contributed by atoms with E-state index >= 15 is 0 Å². The molecule has 2 atom stereocenters. The molecule has 0 bridgehead atoms. The van der Waals surface area contributed by atoms with E-state index in [1.165, 1.54) is 0 Å². The van der Waals surface area contributed by atoms with Gasteiger partial charge in [0.05, 0.1) is 0 Å². The largest absolute Gasteiger partial charge is 0.370 e. The van der Waals surface area contributed by atoms with Crippen LogP contribution in [0.3, 0.4) is 0 Å². The summed E-state index contributed by atoms with van der Waals surface area (Å²) in [6.07, 6.45) is 4.49. The Labute approximate surface area is 130 Å². The second kappa shape index (κ2) is 8.97. The fraction of sp³-hybridized carbons (Fsp3) is 0.733. The molecule has 6 heteroatoms. The molecule has 1 heterocycles. The Kier molecular flexibility index (Phi) is 7.64. The summed E-state index contributed by atoms with van der Waals surface area (Å²) in [5.74, 6) is 2.64. The summed E-state index contributed by atoms with van der Waals surface area (Å²) >= 11 is 0. The minimum atomic E-state index is -0.773. The van der Waals surface area contributed by atoms with Gasteiger partial charge >= 0.3 is 0 Å². The summed E-state index contributed by atoms with van der Waals surface area (Å²) in [6, 6.07) is 0. The maximum absolute atomic E-state index is 11.4. The van der Waals surface area contributed by atoms with Crippen LogP contribution in [0.4, 0.5) is 11.6 Å². The third-order valence-corrected chi connectivity index (χ3v) is 4.83. The summed E-state index contributed by atoms with van der Waals surface area (Å²) in [4.78, 5) is 9.11. The molecule has 2 unspecified atom stereocenters. The van der Waals surface area contributed by atoms with Crippen LogP contribution in [0.1, 0.15) is 45.0 Å². The quantitative estimate of drug-likeness (QED) is 0.734. The zero-order valence-corrected chi connectivity index (χ0v) is 14.6. The number of aromatic nitrogens is 2. The molecule has 0 aliphatic rings. The molecular weight excluding hydrogens is 284 g/mol. The molecule has 0 fully saturated rings. The average Bonchev–Trinajstić information content (AvgIpc) is 2.47. The first-order valence-electron chi connectivity index (χ1n) is 7.67. The van der Waals surface area contributed by atoms with E-state index in [1.807, 2.05) is 13.8 Å². The van der Waals surface area contributed by atoms with Gasteiger partial charge < -0.3 is 10.6 Å². The first-order valence-corrected chi connectivity index (χ1v) is 9.29. The lowest BCUT2D eigenvalue weighted by Gasteiger charge is -2.15. The first kappa shape index (κ1) is 17.9. The maximum Gasteiger partial charge on any atom is 0.134 e. The third-order valence-electron chi connectivity index (χ3n) is 3.46. The molecule has 0 aliphatic heterocycles. The minimum Gasteiger partial charge on any atom is -0.370 e. The van der Waals surface area contributed by atoms with Gasteiger partial charge in [0.2, 0.25) is 0 Å². The van der Waals surface area contributed by atoms with Crippen molar-refractivity contribution in [1.29, 1.82) is 0 Å². The Balaban J connectivity index is 2.77. The average molecular weight is 312 g/mol. The van der Waals surface area contributed by atoms with Gasteiger partial charge in [0.15, 0.2) is 0 Å². The van der Waals surface area contributed by atoms with Crippen molar-refractivity contribution >= 4 is 22.4 Å². The van der Waals surface area contributed by atoms with Crippen molar-refractivity contribution in [1.82, 2.24) is 9.97 Å². The second-order valence-electron chi connectivity index (χ2n) is 5.27. The van der Waals surface area contributed by atoms with E-state index in [9.17, 15) is 4.21 Å². The highest BCUT2D eigenvalue weighted by atomic mass is 32.2. The lowest BCUT2D eigenvalue weighted by molar-refractivity contribution is 0.672. The van der Waals surface area contributed by atoms with Gasteiger partial charge in [-0.3, -0.25) is 4.21 Å². The number of hydrogen-bond donors (Lipinski definition) is 2. The van der Waals surface area contributed by atoms with Gasteiger partial charge in [0, 0.05) is 47.4 Å². The van der Waals surface area contributed by atoms with E-state index in [0.717, 1.165) is 55.4 Å². The lowest BCUT2D eigenvalue weighted by atomic mass is 10.2. The van der Waals surface area contributed by atoms with Crippen LogP contribution in [0.25, 0.3) is 0 Å². The smallest absolute Gasteiger partial charge is 0.134 e. The highest BCUT2D eigenvalue weighted by molar-refractivity contribution is 7.84. The van der Waals surface area contributed by atoms with Gasteiger partial charge in [0.1, 0.15) is 17.5 Å². The van der Waals surface area contributed by atoms with Crippen molar-refractivity contribution in [2.24, 2.45) is 0 Å². The van der Waals surface area contributed by atoms with Gasteiger partial charge in [-0.25, -0.2) is 9.97 Å². The molecule has 0 saturated heterocycles. The monoisotopic (exact) mass is 312 g/mol. The molecule has 2 N–H and O–H groups in total. The Morgan fingerprint density at radius 3 is 2.19 bits per heavy atom. The number of nitrogens with zero attached hydrogens (tertiary/aromatic N) is 2. The highest BCUT2D eigenvalue weighted by Gasteiger charge is 2.11. The SMILES string of the molecule is CCCNc1nc(CC)nc(NCCC(C)S(C)=O)c1C. The van der Waals surface area contributed by atoms with Crippen LogP contribution in [0.2, 0.25) is 0 Å². The molecule has 5 nitrogen and oxygen atoms in total. The fourth-order valence-electron chi connectivity index (χ4n) is 1.87. The molecule has 1 rings (SSSR count). The zero-order chi connectivity index (χ0) is 15.8. The molecule has 0 saturated carbocycles. The van der Waals surface area contributed by atoms with Crippen molar-refractivity contribution in [3.05, 3.63) is 11.4 Å². The van der Waals surface area contributed by atoms with E-state index in [2.05, 4.69) is 34.4 Å². The fourth-order valence-corrected chi connectivity index (χ4v) is 2.32. The molecule has 0 radical (unpaired) electrons. The molecule has 120 valence electrons. The van der Waals surface area contributed by atoms with Crippen LogP contribution in [0.5, 0.6) is 0 Å². The molecule has 0 amide bonds. The number of hydrogen-bond acceptors (Lipinski definition) is 5. The lowest BCUT2D eigenvalue weighted by Crippen LogP contribution is -2.17. The van der Waals surface area contributed by atoms with Crippen molar-refractivity contribution in [3.63, 3.8) is 0 Å². The van der Waals surface area contributed by atoms with E-state index in [4.69, 9.17) is 0 Å². The zero-order valence-electron chi connectivity index (χ0n) is 13.8. The summed E-state index contributed by atoms with van der Waals surface area (Å²) in [5.41, 5.74) is 1.05. The topological polar surface area (TPSA) is 66.9 Å². The predicted octanol–water partition coefficient (Wildman–Crippen LogP) is 2.74. The van der Waals surface area contributed by atoms with Crippen LogP contribution in [0, 0.1) is 6.92 Å².